The predicted molar refractivity (Wildman–Crippen MR) is 81.3 cm³/mol. The van der Waals surface area contributed by atoms with Crippen LogP contribution >= 0.6 is 11.3 Å². The largest absolute Gasteiger partial charge is 0.480 e. The van der Waals surface area contributed by atoms with Gasteiger partial charge in [-0.1, -0.05) is 12.1 Å². The zero-order chi connectivity index (χ0) is 14.8. The Bertz CT molecular complexity index is 752. The minimum absolute atomic E-state index is 0.0367. The highest BCUT2D eigenvalue weighted by Gasteiger charge is 2.15. The van der Waals surface area contributed by atoms with Gasteiger partial charge in [0.15, 0.2) is 4.96 Å². The molecule has 0 amide bonds. The van der Waals surface area contributed by atoms with Gasteiger partial charge in [0.25, 0.3) is 0 Å². The van der Waals surface area contributed by atoms with E-state index in [0.29, 0.717) is 12.4 Å². The summed E-state index contributed by atoms with van der Waals surface area (Å²) in [6.07, 6.45) is 1.97. The molecule has 110 valence electrons. The number of halogens is 1. The first-order valence-electron chi connectivity index (χ1n) is 6.66. The SMILES string of the molecule is COc1nc2sccn2c1CNC(C)c1cccc(F)c1. The number of hydrogen-bond acceptors (Lipinski definition) is 4. The third-order valence-electron chi connectivity index (χ3n) is 3.44. The van der Waals surface area contributed by atoms with E-state index in [-0.39, 0.29) is 11.9 Å². The summed E-state index contributed by atoms with van der Waals surface area (Å²) in [5, 5.41) is 5.37. The van der Waals surface area contributed by atoms with Gasteiger partial charge >= 0.3 is 0 Å². The van der Waals surface area contributed by atoms with Gasteiger partial charge in [0.2, 0.25) is 5.88 Å². The maximum Gasteiger partial charge on any atom is 0.237 e. The van der Waals surface area contributed by atoms with E-state index in [1.54, 1.807) is 30.6 Å². The molecule has 2 aromatic heterocycles. The molecule has 1 atom stereocenters. The smallest absolute Gasteiger partial charge is 0.237 e. The second kappa shape index (κ2) is 5.83. The van der Waals surface area contributed by atoms with Crippen molar-refractivity contribution in [3.05, 3.63) is 52.9 Å². The molecule has 0 aliphatic carbocycles. The maximum atomic E-state index is 13.3. The van der Waals surface area contributed by atoms with Crippen molar-refractivity contribution in [2.75, 3.05) is 7.11 Å². The Morgan fingerprint density at radius 1 is 1.48 bits per heavy atom. The molecule has 3 aromatic rings. The molecule has 0 aliphatic rings. The molecule has 1 N–H and O–H groups in total. The lowest BCUT2D eigenvalue weighted by atomic mass is 10.1. The Balaban J connectivity index is 1.78. The third-order valence-corrected chi connectivity index (χ3v) is 4.20. The van der Waals surface area contributed by atoms with Gasteiger partial charge in [-0.25, -0.2) is 4.39 Å². The zero-order valence-corrected chi connectivity index (χ0v) is 12.7. The minimum atomic E-state index is -0.219. The van der Waals surface area contributed by atoms with Crippen molar-refractivity contribution in [2.24, 2.45) is 0 Å². The van der Waals surface area contributed by atoms with E-state index in [0.717, 1.165) is 16.2 Å². The molecule has 2 heterocycles. The zero-order valence-electron chi connectivity index (χ0n) is 11.8. The Hall–Kier alpha value is -1.92. The first kappa shape index (κ1) is 14.0. The van der Waals surface area contributed by atoms with E-state index in [1.165, 1.54) is 6.07 Å². The van der Waals surface area contributed by atoms with Crippen molar-refractivity contribution >= 4 is 16.3 Å². The molecule has 0 saturated carbocycles. The summed E-state index contributed by atoms with van der Waals surface area (Å²) in [5.41, 5.74) is 1.89. The summed E-state index contributed by atoms with van der Waals surface area (Å²) >= 11 is 1.56. The van der Waals surface area contributed by atoms with Gasteiger partial charge in [0.05, 0.1) is 7.11 Å². The fraction of sp³-hybridized carbons (Fsp3) is 0.267. The standard InChI is InChI=1S/C15H16FN3OS/c1-10(11-4-3-5-12(16)8-11)17-9-13-14(20-2)18-15-19(13)6-7-21-15/h3-8,10,17H,9H2,1-2H3. The van der Waals surface area contributed by atoms with Crippen LogP contribution in [0.15, 0.2) is 35.8 Å². The average molecular weight is 305 g/mol. The van der Waals surface area contributed by atoms with Crippen LogP contribution in [-0.2, 0) is 6.54 Å². The number of nitrogens with zero attached hydrogens (tertiary/aromatic N) is 2. The quantitative estimate of drug-likeness (QED) is 0.785. The fourth-order valence-corrected chi connectivity index (χ4v) is 3.01. The molecule has 0 radical (unpaired) electrons. The van der Waals surface area contributed by atoms with Crippen LogP contribution in [0.2, 0.25) is 0 Å². The van der Waals surface area contributed by atoms with Crippen LogP contribution in [0.4, 0.5) is 4.39 Å². The molecule has 3 rings (SSSR count). The minimum Gasteiger partial charge on any atom is -0.480 e. The molecular weight excluding hydrogens is 289 g/mol. The molecule has 0 aliphatic heterocycles. The van der Waals surface area contributed by atoms with Crippen LogP contribution < -0.4 is 10.1 Å². The van der Waals surface area contributed by atoms with E-state index >= 15 is 0 Å². The van der Waals surface area contributed by atoms with Crippen LogP contribution in [0.1, 0.15) is 24.2 Å². The molecule has 0 spiro atoms. The number of benzene rings is 1. The van der Waals surface area contributed by atoms with Gasteiger partial charge in [0.1, 0.15) is 11.5 Å². The van der Waals surface area contributed by atoms with E-state index in [4.69, 9.17) is 4.74 Å². The fourth-order valence-electron chi connectivity index (χ4n) is 2.28. The molecule has 21 heavy (non-hydrogen) atoms. The summed E-state index contributed by atoms with van der Waals surface area (Å²) < 4.78 is 20.6. The second-order valence-corrected chi connectivity index (χ2v) is 5.65. The number of hydrogen-bond donors (Lipinski definition) is 1. The number of aromatic nitrogens is 2. The predicted octanol–water partition coefficient (Wildman–Crippen LogP) is 3.39. The van der Waals surface area contributed by atoms with Crippen molar-refractivity contribution in [3.8, 4) is 5.88 Å². The summed E-state index contributed by atoms with van der Waals surface area (Å²) in [4.78, 5) is 5.32. The number of fused-ring (bicyclic) bond motifs is 1. The lowest BCUT2D eigenvalue weighted by Crippen LogP contribution is -2.19. The summed E-state index contributed by atoms with van der Waals surface area (Å²) in [6, 6.07) is 6.67. The molecule has 4 nitrogen and oxygen atoms in total. The summed E-state index contributed by atoms with van der Waals surface area (Å²) in [7, 11) is 1.62. The first-order valence-corrected chi connectivity index (χ1v) is 7.54. The van der Waals surface area contributed by atoms with Crippen molar-refractivity contribution in [1.29, 1.82) is 0 Å². The van der Waals surface area contributed by atoms with Crippen molar-refractivity contribution in [1.82, 2.24) is 14.7 Å². The summed E-state index contributed by atoms with van der Waals surface area (Å²) in [6.45, 7) is 2.60. The third kappa shape index (κ3) is 2.77. The molecule has 0 saturated heterocycles. The average Bonchev–Trinajstić information content (AvgIpc) is 3.05. The van der Waals surface area contributed by atoms with Crippen LogP contribution in [0.25, 0.3) is 4.96 Å². The molecule has 0 fully saturated rings. The Morgan fingerprint density at radius 2 is 2.33 bits per heavy atom. The number of methoxy groups -OCH3 is 1. The number of imidazole rings is 1. The number of thiazole rings is 1. The van der Waals surface area contributed by atoms with E-state index in [1.807, 2.05) is 29.0 Å². The van der Waals surface area contributed by atoms with Gasteiger partial charge in [-0.15, -0.1) is 11.3 Å². The second-order valence-electron chi connectivity index (χ2n) is 4.78. The Kier molecular flexibility index (Phi) is 3.90. The van der Waals surface area contributed by atoms with E-state index in [2.05, 4.69) is 10.3 Å². The van der Waals surface area contributed by atoms with Crippen molar-refractivity contribution in [3.63, 3.8) is 0 Å². The van der Waals surface area contributed by atoms with Gasteiger partial charge in [0, 0.05) is 24.2 Å². The lowest BCUT2D eigenvalue weighted by molar-refractivity contribution is 0.391. The number of nitrogens with one attached hydrogen (secondary N) is 1. The van der Waals surface area contributed by atoms with Crippen LogP contribution in [-0.4, -0.2) is 16.5 Å². The molecule has 6 heteroatoms. The Morgan fingerprint density at radius 3 is 3.10 bits per heavy atom. The van der Waals surface area contributed by atoms with Gasteiger partial charge in [-0.05, 0) is 24.6 Å². The van der Waals surface area contributed by atoms with Crippen LogP contribution in [0, 0.1) is 5.82 Å². The number of rotatable bonds is 5. The highest BCUT2D eigenvalue weighted by atomic mass is 32.1. The van der Waals surface area contributed by atoms with Crippen molar-refractivity contribution < 1.29 is 9.13 Å². The topological polar surface area (TPSA) is 38.6 Å². The van der Waals surface area contributed by atoms with Crippen LogP contribution in [0.5, 0.6) is 5.88 Å². The maximum absolute atomic E-state index is 13.3. The summed E-state index contributed by atoms with van der Waals surface area (Å²) in [5.74, 6) is 0.407. The molecule has 0 bridgehead atoms. The first-order chi connectivity index (χ1) is 10.2. The van der Waals surface area contributed by atoms with E-state index in [9.17, 15) is 4.39 Å². The number of ether oxygens (including phenoxy) is 1. The van der Waals surface area contributed by atoms with Crippen LogP contribution in [0.3, 0.4) is 0 Å². The van der Waals surface area contributed by atoms with Crippen molar-refractivity contribution in [2.45, 2.75) is 19.5 Å². The van der Waals surface area contributed by atoms with Gasteiger partial charge in [-0.2, -0.15) is 4.98 Å². The lowest BCUT2D eigenvalue weighted by Gasteiger charge is -2.14. The van der Waals surface area contributed by atoms with Gasteiger partial charge in [-0.3, -0.25) is 4.40 Å². The normalized spacial score (nSPS) is 12.7. The van der Waals surface area contributed by atoms with Gasteiger partial charge < -0.3 is 10.1 Å². The Labute approximate surface area is 126 Å². The highest BCUT2D eigenvalue weighted by molar-refractivity contribution is 7.15. The molecule has 1 aromatic carbocycles. The highest BCUT2D eigenvalue weighted by Crippen LogP contribution is 2.24. The molecular formula is C15H16FN3OS. The van der Waals surface area contributed by atoms with E-state index < -0.39 is 0 Å². The molecule has 1 unspecified atom stereocenters. The monoisotopic (exact) mass is 305 g/mol.